The van der Waals surface area contributed by atoms with Gasteiger partial charge in [-0.1, -0.05) is 5.64 Å². The molecular formula is C6H16N2O2. The lowest BCUT2D eigenvalue weighted by molar-refractivity contribution is -0.167. The Bertz CT molecular complexity index is 53.7. The lowest BCUT2D eigenvalue weighted by Crippen LogP contribution is -2.16. The van der Waals surface area contributed by atoms with E-state index in [0.717, 1.165) is 19.4 Å². The number of unbranched alkanes of at least 4 members (excludes halogenated alkanes) is 1. The van der Waals surface area contributed by atoms with Crippen molar-refractivity contribution in [3.8, 4) is 0 Å². The Balaban J connectivity index is 2.65. The third kappa shape index (κ3) is 7.84. The molecule has 0 aliphatic rings. The van der Waals surface area contributed by atoms with Gasteiger partial charge in [-0.25, -0.2) is 0 Å². The van der Waals surface area contributed by atoms with E-state index in [-0.39, 0.29) is 0 Å². The molecule has 0 aliphatic heterocycles. The Morgan fingerprint density at radius 2 is 2.10 bits per heavy atom. The van der Waals surface area contributed by atoms with E-state index in [1.165, 1.54) is 0 Å². The molecule has 10 heavy (non-hydrogen) atoms. The van der Waals surface area contributed by atoms with Gasteiger partial charge in [0.15, 0.2) is 0 Å². The van der Waals surface area contributed by atoms with Crippen LogP contribution in [0.1, 0.15) is 19.8 Å². The fraction of sp³-hybridized carbons (Fsp3) is 1.00. The molecule has 62 valence electrons. The van der Waals surface area contributed by atoms with Crippen molar-refractivity contribution < 1.29 is 9.68 Å². The second kappa shape index (κ2) is 8.84. The van der Waals surface area contributed by atoms with Crippen LogP contribution >= 0.6 is 0 Å². The van der Waals surface area contributed by atoms with Gasteiger partial charge in [0, 0.05) is 0 Å². The average molecular weight is 148 g/mol. The van der Waals surface area contributed by atoms with E-state index < -0.39 is 0 Å². The van der Waals surface area contributed by atoms with E-state index in [9.17, 15) is 0 Å². The fourth-order valence-electron chi connectivity index (χ4n) is 0.461. The fourth-order valence-corrected chi connectivity index (χ4v) is 0.461. The maximum Gasteiger partial charge on any atom is 0.0709 e. The Labute approximate surface area is 61.6 Å². The van der Waals surface area contributed by atoms with E-state index in [1.807, 2.05) is 6.92 Å². The second-order valence-corrected chi connectivity index (χ2v) is 1.86. The molecule has 0 fully saturated rings. The molecule has 0 unspecified atom stereocenters. The van der Waals surface area contributed by atoms with Crippen molar-refractivity contribution in [3.63, 3.8) is 0 Å². The number of rotatable bonds is 7. The topological polar surface area (TPSA) is 56.5 Å². The van der Waals surface area contributed by atoms with E-state index in [1.54, 1.807) is 0 Å². The van der Waals surface area contributed by atoms with Crippen LogP contribution in [0.3, 0.4) is 0 Å². The molecule has 0 aromatic heterocycles. The molecule has 0 saturated carbocycles. The largest absolute Gasteiger partial charge is 0.330 e. The number of hydrogen-bond acceptors (Lipinski definition) is 4. The summed E-state index contributed by atoms with van der Waals surface area (Å²) in [6, 6.07) is 0. The Kier molecular flexibility index (Phi) is 8.70. The van der Waals surface area contributed by atoms with E-state index in [2.05, 4.69) is 5.64 Å². The summed E-state index contributed by atoms with van der Waals surface area (Å²) in [5.41, 5.74) is 7.62. The first-order chi connectivity index (χ1) is 4.91. The monoisotopic (exact) mass is 148 g/mol. The predicted octanol–water partition coefficient (Wildman–Crippen LogP) is 0.198. The molecule has 0 rings (SSSR count). The highest BCUT2D eigenvalue weighted by Crippen LogP contribution is 1.84. The van der Waals surface area contributed by atoms with Gasteiger partial charge in [-0.2, -0.15) is 0 Å². The summed E-state index contributed by atoms with van der Waals surface area (Å²) in [6.07, 6.45) is 1.96. The van der Waals surface area contributed by atoms with Crippen LogP contribution in [0.15, 0.2) is 0 Å². The molecule has 4 nitrogen and oxygen atoms in total. The lowest BCUT2D eigenvalue weighted by Gasteiger charge is -2.02. The van der Waals surface area contributed by atoms with Crippen LogP contribution in [-0.4, -0.2) is 19.8 Å². The van der Waals surface area contributed by atoms with Crippen LogP contribution in [0.25, 0.3) is 0 Å². The normalized spacial score (nSPS) is 10.2. The minimum atomic E-state index is 0.608. The number of hydrogen-bond donors (Lipinski definition) is 2. The maximum absolute atomic E-state index is 5.26. The van der Waals surface area contributed by atoms with Gasteiger partial charge >= 0.3 is 0 Å². The quantitative estimate of drug-likeness (QED) is 0.400. The van der Waals surface area contributed by atoms with Crippen LogP contribution < -0.4 is 11.4 Å². The van der Waals surface area contributed by atoms with Gasteiger partial charge in [0.1, 0.15) is 0 Å². The number of nitrogens with one attached hydrogen (secondary N) is 1. The Hall–Kier alpha value is -0.160. The van der Waals surface area contributed by atoms with Crippen LogP contribution in [0.2, 0.25) is 0 Å². The van der Waals surface area contributed by atoms with Gasteiger partial charge in [-0.15, -0.1) is 0 Å². The van der Waals surface area contributed by atoms with Gasteiger partial charge in [-0.05, 0) is 26.3 Å². The summed E-state index contributed by atoms with van der Waals surface area (Å²) >= 11 is 0. The minimum absolute atomic E-state index is 0.608. The molecule has 0 heterocycles. The van der Waals surface area contributed by atoms with Crippen molar-refractivity contribution >= 4 is 0 Å². The molecule has 0 aromatic rings. The van der Waals surface area contributed by atoms with Crippen LogP contribution in [0.4, 0.5) is 0 Å². The third-order valence-corrected chi connectivity index (χ3v) is 0.963. The standard InChI is InChI=1S/C6H16N2O2/c1-2-9-8-10-6-4-3-5-7/h8H,2-7H2,1H3. The van der Waals surface area contributed by atoms with Gasteiger partial charge in [0.05, 0.1) is 13.2 Å². The van der Waals surface area contributed by atoms with Crippen LogP contribution in [0, 0.1) is 0 Å². The molecule has 0 aromatic carbocycles. The average Bonchev–Trinajstić information content (AvgIpc) is 1.97. The maximum atomic E-state index is 5.26. The third-order valence-electron chi connectivity index (χ3n) is 0.963. The zero-order chi connectivity index (χ0) is 7.66. The summed E-state index contributed by atoms with van der Waals surface area (Å²) in [4.78, 5) is 9.56. The second-order valence-electron chi connectivity index (χ2n) is 1.86. The zero-order valence-electron chi connectivity index (χ0n) is 6.43. The highest BCUT2D eigenvalue weighted by Gasteiger charge is 1.85. The molecule has 0 amide bonds. The molecule has 0 radical (unpaired) electrons. The molecule has 4 heteroatoms. The predicted molar refractivity (Wildman–Crippen MR) is 39.0 cm³/mol. The first-order valence-corrected chi connectivity index (χ1v) is 3.60. The van der Waals surface area contributed by atoms with Crippen molar-refractivity contribution in [1.82, 2.24) is 5.64 Å². The highest BCUT2D eigenvalue weighted by atomic mass is 16.9. The van der Waals surface area contributed by atoms with E-state index >= 15 is 0 Å². The van der Waals surface area contributed by atoms with Crippen molar-refractivity contribution in [2.45, 2.75) is 19.8 Å². The van der Waals surface area contributed by atoms with Gasteiger partial charge in [0.25, 0.3) is 0 Å². The molecular weight excluding hydrogens is 132 g/mol. The molecule has 0 saturated heterocycles. The molecule has 0 bridgehead atoms. The number of nitrogens with two attached hydrogens (primary N) is 1. The Morgan fingerprint density at radius 3 is 2.70 bits per heavy atom. The summed E-state index contributed by atoms with van der Waals surface area (Å²) in [6.45, 7) is 3.86. The summed E-state index contributed by atoms with van der Waals surface area (Å²) in [5, 5.41) is 0. The smallest absolute Gasteiger partial charge is 0.0709 e. The van der Waals surface area contributed by atoms with Gasteiger partial charge in [-0.3, -0.25) is 9.68 Å². The summed E-state index contributed by atoms with van der Waals surface area (Å²) in [5.74, 6) is 0. The first kappa shape index (κ1) is 9.84. The van der Waals surface area contributed by atoms with E-state index in [4.69, 9.17) is 15.4 Å². The molecule has 0 spiro atoms. The van der Waals surface area contributed by atoms with Gasteiger partial charge in [0.2, 0.25) is 0 Å². The molecule has 0 aliphatic carbocycles. The minimum Gasteiger partial charge on any atom is -0.330 e. The molecule has 0 atom stereocenters. The van der Waals surface area contributed by atoms with E-state index in [0.29, 0.717) is 13.2 Å². The summed E-state index contributed by atoms with van der Waals surface area (Å²) < 4.78 is 0. The summed E-state index contributed by atoms with van der Waals surface area (Å²) in [7, 11) is 0. The Morgan fingerprint density at radius 1 is 1.30 bits per heavy atom. The zero-order valence-corrected chi connectivity index (χ0v) is 6.43. The molecule has 3 N–H and O–H groups in total. The SMILES string of the molecule is CCONOCCCCN. The lowest BCUT2D eigenvalue weighted by atomic mass is 10.3. The van der Waals surface area contributed by atoms with Crippen LogP contribution in [-0.2, 0) is 9.68 Å². The van der Waals surface area contributed by atoms with Crippen LogP contribution in [0.5, 0.6) is 0 Å². The van der Waals surface area contributed by atoms with Crippen molar-refractivity contribution in [2.24, 2.45) is 5.73 Å². The van der Waals surface area contributed by atoms with Crippen molar-refractivity contribution in [3.05, 3.63) is 0 Å². The highest BCUT2D eigenvalue weighted by molar-refractivity contribution is 4.36. The first-order valence-electron chi connectivity index (χ1n) is 3.60. The van der Waals surface area contributed by atoms with Crippen molar-refractivity contribution in [2.75, 3.05) is 19.8 Å². The van der Waals surface area contributed by atoms with Gasteiger partial charge < -0.3 is 5.73 Å². The van der Waals surface area contributed by atoms with Crippen molar-refractivity contribution in [1.29, 1.82) is 0 Å².